The first-order valence-electron chi connectivity index (χ1n) is 5.38. The third-order valence-corrected chi connectivity index (χ3v) is 3.07. The Morgan fingerprint density at radius 3 is 2.50 bits per heavy atom. The van der Waals surface area contributed by atoms with Crippen molar-refractivity contribution >= 4 is 0 Å². The van der Waals surface area contributed by atoms with Crippen molar-refractivity contribution in [3.05, 3.63) is 34.9 Å². The largest absolute Gasteiger partial charge is 0.407 e. The minimum absolute atomic E-state index is 0.315. The lowest BCUT2D eigenvalue weighted by atomic mass is 10.0. The number of alkyl halides is 3. The molecule has 2 rings (SSSR count). The number of fused-ring (bicyclic) bond motifs is 1. The number of halogens is 3. The van der Waals surface area contributed by atoms with Gasteiger partial charge in [0.05, 0.1) is 0 Å². The van der Waals surface area contributed by atoms with E-state index in [-0.39, 0.29) is 0 Å². The van der Waals surface area contributed by atoms with Gasteiger partial charge in [0.1, 0.15) is 6.04 Å². The van der Waals surface area contributed by atoms with E-state index in [2.05, 4.69) is 5.32 Å². The molecule has 1 N–H and O–H groups in total. The van der Waals surface area contributed by atoms with E-state index in [4.69, 9.17) is 0 Å². The molecule has 0 fully saturated rings. The summed E-state index contributed by atoms with van der Waals surface area (Å²) in [7, 11) is 1.34. The molecule has 1 unspecified atom stereocenters. The molecule has 1 atom stereocenters. The number of rotatable bonds is 2. The van der Waals surface area contributed by atoms with E-state index in [1.165, 1.54) is 12.6 Å². The second kappa shape index (κ2) is 4.09. The maximum Gasteiger partial charge on any atom is 0.407 e. The zero-order valence-corrected chi connectivity index (χ0v) is 9.06. The van der Waals surface area contributed by atoms with Crippen LogP contribution in [-0.2, 0) is 12.8 Å². The highest BCUT2D eigenvalue weighted by Crippen LogP contribution is 2.34. The summed E-state index contributed by atoms with van der Waals surface area (Å²) in [5, 5.41) is 2.32. The molecule has 0 heterocycles. The van der Waals surface area contributed by atoms with Crippen LogP contribution in [0.4, 0.5) is 13.2 Å². The van der Waals surface area contributed by atoms with Crippen LogP contribution < -0.4 is 5.32 Å². The van der Waals surface area contributed by atoms with Crippen LogP contribution in [0.3, 0.4) is 0 Å². The molecular formula is C12H14F3N. The van der Waals surface area contributed by atoms with Crippen molar-refractivity contribution in [3.8, 4) is 0 Å². The summed E-state index contributed by atoms with van der Waals surface area (Å²) in [6.07, 6.45) is -1.29. The van der Waals surface area contributed by atoms with Gasteiger partial charge in [0.15, 0.2) is 0 Å². The van der Waals surface area contributed by atoms with Crippen molar-refractivity contribution in [2.45, 2.75) is 31.5 Å². The molecule has 0 saturated carbocycles. The standard InChI is InChI=1S/C12H14F3N/c1-16-11(12(13,14)15)10-6-5-8-3-2-4-9(8)7-10/h5-7,11,16H,2-4H2,1H3. The van der Waals surface area contributed by atoms with Gasteiger partial charge in [-0.15, -0.1) is 0 Å². The maximum absolute atomic E-state index is 12.7. The van der Waals surface area contributed by atoms with Crippen molar-refractivity contribution in [1.29, 1.82) is 0 Å². The molecule has 4 heteroatoms. The van der Waals surface area contributed by atoms with Crippen LogP contribution in [0.25, 0.3) is 0 Å². The van der Waals surface area contributed by atoms with Gasteiger partial charge in [-0.3, -0.25) is 0 Å². The van der Waals surface area contributed by atoms with Crippen molar-refractivity contribution in [1.82, 2.24) is 5.32 Å². The van der Waals surface area contributed by atoms with Crippen molar-refractivity contribution < 1.29 is 13.2 Å². The Bertz CT molecular complexity index is 384. The third-order valence-electron chi connectivity index (χ3n) is 3.07. The maximum atomic E-state index is 12.7. The number of nitrogens with one attached hydrogen (secondary N) is 1. The Kier molecular flexibility index (Phi) is 2.93. The molecule has 1 aliphatic carbocycles. The fourth-order valence-electron chi connectivity index (χ4n) is 2.29. The highest BCUT2D eigenvalue weighted by molar-refractivity contribution is 5.37. The van der Waals surface area contributed by atoms with Gasteiger partial charge >= 0.3 is 6.18 Å². The fourth-order valence-corrected chi connectivity index (χ4v) is 2.29. The van der Waals surface area contributed by atoms with Crippen molar-refractivity contribution in [2.75, 3.05) is 7.05 Å². The van der Waals surface area contributed by atoms with Gasteiger partial charge in [0, 0.05) is 0 Å². The number of benzene rings is 1. The van der Waals surface area contributed by atoms with Crippen LogP contribution in [-0.4, -0.2) is 13.2 Å². The number of aryl methyl sites for hydroxylation is 2. The van der Waals surface area contributed by atoms with E-state index in [1.54, 1.807) is 12.1 Å². The highest BCUT2D eigenvalue weighted by atomic mass is 19.4. The lowest BCUT2D eigenvalue weighted by Crippen LogP contribution is -2.31. The first kappa shape index (κ1) is 11.5. The monoisotopic (exact) mass is 229 g/mol. The van der Waals surface area contributed by atoms with Gasteiger partial charge in [0.25, 0.3) is 0 Å². The third kappa shape index (κ3) is 2.07. The molecule has 1 aromatic rings. The summed E-state index contributed by atoms with van der Waals surface area (Å²) >= 11 is 0. The Labute approximate surface area is 92.7 Å². The molecule has 0 aromatic heterocycles. The van der Waals surface area contributed by atoms with Crippen molar-refractivity contribution in [3.63, 3.8) is 0 Å². The van der Waals surface area contributed by atoms with Crippen LogP contribution in [0.5, 0.6) is 0 Å². The average molecular weight is 229 g/mol. The predicted octanol–water partition coefficient (Wildman–Crippen LogP) is 3.00. The van der Waals surface area contributed by atoms with E-state index >= 15 is 0 Å². The first-order valence-corrected chi connectivity index (χ1v) is 5.38. The molecule has 0 saturated heterocycles. The lowest BCUT2D eigenvalue weighted by molar-refractivity contribution is -0.156. The van der Waals surface area contributed by atoms with Gasteiger partial charge in [-0.05, 0) is 43.0 Å². The summed E-state index contributed by atoms with van der Waals surface area (Å²) in [5.74, 6) is 0. The zero-order valence-electron chi connectivity index (χ0n) is 9.06. The van der Waals surface area contributed by atoms with E-state index in [0.717, 1.165) is 24.8 Å². The molecule has 0 radical (unpaired) electrons. The van der Waals surface area contributed by atoms with Crippen LogP contribution in [0.2, 0.25) is 0 Å². The topological polar surface area (TPSA) is 12.0 Å². The van der Waals surface area contributed by atoms with Gasteiger partial charge in [-0.25, -0.2) is 0 Å². The van der Waals surface area contributed by atoms with Crippen LogP contribution >= 0.6 is 0 Å². The molecule has 0 amide bonds. The second-order valence-electron chi connectivity index (χ2n) is 4.15. The summed E-state index contributed by atoms with van der Waals surface area (Å²) in [5.41, 5.74) is 2.58. The Hall–Kier alpha value is -1.03. The quantitative estimate of drug-likeness (QED) is 0.822. The van der Waals surface area contributed by atoms with Gasteiger partial charge in [0.2, 0.25) is 0 Å². The van der Waals surface area contributed by atoms with Crippen LogP contribution in [0.1, 0.15) is 29.2 Å². The van der Waals surface area contributed by atoms with Crippen LogP contribution in [0, 0.1) is 0 Å². The average Bonchev–Trinajstić information content (AvgIpc) is 2.63. The Morgan fingerprint density at radius 2 is 1.88 bits per heavy atom. The lowest BCUT2D eigenvalue weighted by Gasteiger charge is -2.20. The van der Waals surface area contributed by atoms with E-state index in [0.29, 0.717) is 5.56 Å². The fraction of sp³-hybridized carbons (Fsp3) is 0.500. The van der Waals surface area contributed by atoms with E-state index in [1.807, 2.05) is 6.07 Å². The number of hydrogen-bond acceptors (Lipinski definition) is 1. The molecule has 1 aromatic carbocycles. The first-order chi connectivity index (χ1) is 7.52. The van der Waals surface area contributed by atoms with Gasteiger partial charge < -0.3 is 5.32 Å². The second-order valence-corrected chi connectivity index (χ2v) is 4.15. The van der Waals surface area contributed by atoms with Gasteiger partial charge in [-0.2, -0.15) is 13.2 Å². The molecule has 88 valence electrons. The highest BCUT2D eigenvalue weighted by Gasteiger charge is 2.39. The molecule has 0 spiro atoms. The summed E-state index contributed by atoms with van der Waals surface area (Å²) in [4.78, 5) is 0. The summed E-state index contributed by atoms with van der Waals surface area (Å²) < 4.78 is 38.1. The molecule has 1 aliphatic rings. The SMILES string of the molecule is CNC(c1ccc2c(c1)CCC2)C(F)(F)F. The Balaban J connectivity index is 2.33. The van der Waals surface area contributed by atoms with E-state index in [9.17, 15) is 13.2 Å². The zero-order chi connectivity index (χ0) is 11.8. The molecular weight excluding hydrogens is 215 g/mol. The normalized spacial score (nSPS) is 17.2. The minimum atomic E-state index is -4.23. The summed E-state index contributed by atoms with van der Waals surface area (Å²) in [6.45, 7) is 0. The predicted molar refractivity (Wildman–Crippen MR) is 56.3 cm³/mol. The number of hydrogen-bond donors (Lipinski definition) is 1. The molecule has 0 bridgehead atoms. The molecule has 16 heavy (non-hydrogen) atoms. The smallest absolute Gasteiger partial charge is 0.306 e. The van der Waals surface area contributed by atoms with E-state index < -0.39 is 12.2 Å². The van der Waals surface area contributed by atoms with Crippen molar-refractivity contribution in [2.24, 2.45) is 0 Å². The minimum Gasteiger partial charge on any atom is -0.306 e. The Morgan fingerprint density at radius 1 is 1.19 bits per heavy atom. The van der Waals surface area contributed by atoms with Crippen LogP contribution in [0.15, 0.2) is 18.2 Å². The molecule has 1 nitrogen and oxygen atoms in total. The molecule has 0 aliphatic heterocycles. The van der Waals surface area contributed by atoms with Gasteiger partial charge in [-0.1, -0.05) is 18.2 Å². The summed E-state index contributed by atoms with van der Waals surface area (Å²) in [6, 6.07) is 3.54.